The molecule has 130 valence electrons. The number of fused-ring (bicyclic) bond motifs is 1. The second-order valence-electron chi connectivity index (χ2n) is 6.40. The first kappa shape index (κ1) is 16.7. The number of likely N-dealkylation sites (tertiary alicyclic amines) is 1. The topological polar surface area (TPSA) is 81.0 Å². The number of benzene rings is 1. The maximum absolute atomic E-state index is 13.6. The maximum Gasteiger partial charge on any atom is 0.323 e. The maximum atomic E-state index is 13.6. The standard InChI is InChI=1S/C17H23FN4O2/c1-19-9-13-8-12(18)10-22(13)16(23)4-2-3-11-5-6-14-15(7-11)21-17(24)20-14/h5-7,12-13,19H,2-4,8-10H2,1H3,(H2,20,21,24)/t12-,13-/m0/s1. The Kier molecular flexibility index (Phi) is 4.99. The van der Waals surface area contributed by atoms with Gasteiger partial charge in [-0.1, -0.05) is 6.07 Å². The van der Waals surface area contributed by atoms with Crippen LogP contribution in [0.15, 0.2) is 23.0 Å². The third-order valence-corrected chi connectivity index (χ3v) is 4.56. The van der Waals surface area contributed by atoms with Crippen LogP contribution in [0.3, 0.4) is 0 Å². The highest BCUT2D eigenvalue weighted by molar-refractivity contribution is 5.77. The molecule has 2 aromatic rings. The summed E-state index contributed by atoms with van der Waals surface area (Å²) in [7, 11) is 1.82. The van der Waals surface area contributed by atoms with Crippen LogP contribution in [0.4, 0.5) is 4.39 Å². The summed E-state index contributed by atoms with van der Waals surface area (Å²) >= 11 is 0. The van der Waals surface area contributed by atoms with E-state index in [2.05, 4.69) is 15.3 Å². The first-order valence-corrected chi connectivity index (χ1v) is 8.36. The molecule has 0 saturated carbocycles. The molecule has 1 aromatic carbocycles. The normalized spacial score (nSPS) is 20.8. The van der Waals surface area contributed by atoms with Gasteiger partial charge in [-0.15, -0.1) is 0 Å². The fraction of sp³-hybridized carbons (Fsp3) is 0.529. The zero-order chi connectivity index (χ0) is 17.1. The Bertz CT molecular complexity index is 769. The molecule has 1 amide bonds. The number of H-pyrrole nitrogens is 2. The van der Waals surface area contributed by atoms with Crippen LogP contribution in [0.1, 0.15) is 24.8 Å². The lowest BCUT2D eigenvalue weighted by molar-refractivity contribution is -0.132. The predicted octanol–water partition coefficient (Wildman–Crippen LogP) is 1.34. The average Bonchev–Trinajstić information content (AvgIpc) is 3.08. The summed E-state index contributed by atoms with van der Waals surface area (Å²) in [6.07, 6.45) is 1.37. The summed E-state index contributed by atoms with van der Waals surface area (Å²) in [5.41, 5.74) is 2.41. The Morgan fingerprint density at radius 3 is 2.96 bits per heavy atom. The van der Waals surface area contributed by atoms with Crippen molar-refractivity contribution in [3.8, 4) is 0 Å². The number of alkyl halides is 1. The molecule has 2 heterocycles. The number of nitrogens with one attached hydrogen (secondary N) is 3. The van der Waals surface area contributed by atoms with Crippen LogP contribution in [0, 0.1) is 0 Å². The smallest absolute Gasteiger partial charge is 0.323 e. The first-order chi connectivity index (χ1) is 11.6. The number of aromatic nitrogens is 2. The summed E-state index contributed by atoms with van der Waals surface area (Å²) in [5.74, 6) is 0.0199. The van der Waals surface area contributed by atoms with Gasteiger partial charge in [-0.2, -0.15) is 0 Å². The Morgan fingerprint density at radius 1 is 1.38 bits per heavy atom. The quantitative estimate of drug-likeness (QED) is 0.746. The highest BCUT2D eigenvalue weighted by Gasteiger charge is 2.34. The highest BCUT2D eigenvalue weighted by atomic mass is 19.1. The molecule has 7 heteroatoms. The van der Waals surface area contributed by atoms with Gasteiger partial charge in [0.05, 0.1) is 17.6 Å². The zero-order valence-electron chi connectivity index (χ0n) is 13.8. The van der Waals surface area contributed by atoms with E-state index < -0.39 is 6.17 Å². The number of amides is 1. The van der Waals surface area contributed by atoms with E-state index in [9.17, 15) is 14.0 Å². The van der Waals surface area contributed by atoms with Gasteiger partial charge in [0.1, 0.15) is 6.17 Å². The van der Waals surface area contributed by atoms with Crippen molar-refractivity contribution in [1.29, 1.82) is 0 Å². The molecule has 6 nitrogen and oxygen atoms in total. The number of rotatable bonds is 6. The van der Waals surface area contributed by atoms with E-state index in [0.29, 0.717) is 25.8 Å². The molecule has 1 saturated heterocycles. The van der Waals surface area contributed by atoms with Crippen molar-refractivity contribution in [2.45, 2.75) is 37.9 Å². The van der Waals surface area contributed by atoms with E-state index in [1.165, 1.54) is 0 Å². The van der Waals surface area contributed by atoms with Gasteiger partial charge in [0.2, 0.25) is 5.91 Å². The van der Waals surface area contributed by atoms with E-state index in [4.69, 9.17) is 0 Å². The van der Waals surface area contributed by atoms with Crippen molar-refractivity contribution >= 4 is 16.9 Å². The number of aryl methyl sites for hydroxylation is 1. The van der Waals surface area contributed by atoms with Crippen molar-refractivity contribution in [1.82, 2.24) is 20.2 Å². The van der Waals surface area contributed by atoms with E-state index in [0.717, 1.165) is 23.0 Å². The lowest BCUT2D eigenvalue weighted by Crippen LogP contribution is -2.40. The molecule has 0 unspecified atom stereocenters. The summed E-state index contributed by atoms with van der Waals surface area (Å²) in [6, 6.07) is 5.70. The molecule has 1 aliphatic rings. The van der Waals surface area contributed by atoms with Gasteiger partial charge in [0.25, 0.3) is 0 Å². The van der Waals surface area contributed by atoms with Crippen LogP contribution in [-0.2, 0) is 11.2 Å². The van der Waals surface area contributed by atoms with Crippen LogP contribution in [0.25, 0.3) is 11.0 Å². The molecule has 1 fully saturated rings. The number of aromatic amines is 2. The number of likely N-dealkylation sites (N-methyl/N-ethyl adjacent to an activating group) is 1. The van der Waals surface area contributed by atoms with Gasteiger partial charge in [0, 0.05) is 25.4 Å². The third kappa shape index (κ3) is 3.67. The Morgan fingerprint density at radius 2 is 2.17 bits per heavy atom. The van der Waals surface area contributed by atoms with Gasteiger partial charge < -0.3 is 20.2 Å². The van der Waals surface area contributed by atoms with Gasteiger partial charge in [-0.3, -0.25) is 4.79 Å². The minimum Gasteiger partial charge on any atom is -0.335 e. The molecule has 3 N–H and O–H groups in total. The Hall–Kier alpha value is -2.15. The fourth-order valence-electron chi connectivity index (χ4n) is 3.42. The Labute approximate surface area is 139 Å². The lowest BCUT2D eigenvalue weighted by atomic mass is 10.1. The highest BCUT2D eigenvalue weighted by Crippen LogP contribution is 2.21. The number of halogens is 1. The van der Waals surface area contributed by atoms with Crippen molar-refractivity contribution < 1.29 is 9.18 Å². The lowest BCUT2D eigenvalue weighted by Gasteiger charge is -2.24. The molecule has 2 atom stereocenters. The van der Waals surface area contributed by atoms with E-state index in [1.54, 1.807) is 4.90 Å². The summed E-state index contributed by atoms with van der Waals surface area (Å²) < 4.78 is 13.6. The minimum absolute atomic E-state index is 0.0199. The molecular formula is C17H23FN4O2. The van der Waals surface area contributed by atoms with Gasteiger partial charge in [-0.25, -0.2) is 9.18 Å². The van der Waals surface area contributed by atoms with Crippen LogP contribution < -0.4 is 11.0 Å². The molecule has 1 aromatic heterocycles. The minimum atomic E-state index is -0.917. The van der Waals surface area contributed by atoms with Gasteiger partial charge in [-0.05, 0) is 37.6 Å². The molecular weight excluding hydrogens is 311 g/mol. The molecule has 0 bridgehead atoms. The third-order valence-electron chi connectivity index (χ3n) is 4.56. The SMILES string of the molecule is CNC[C@@H]1C[C@H](F)CN1C(=O)CCCc1ccc2[nH]c(=O)[nH]c2c1. The monoisotopic (exact) mass is 334 g/mol. The zero-order valence-corrected chi connectivity index (χ0v) is 13.8. The van der Waals surface area contributed by atoms with Gasteiger partial charge in [0.15, 0.2) is 0 Å². The van der Waals surface area contributed by atoms with Crippen LogP contribution >= 0.6 is 0 Å². The molecule has 0 spiro atoms. The van der Waals surface area contributed by atoms with Crippen molar-refractivity contribution in [2.24, 2.45) is 0 Å². The van der Waals surface area contributed by atoms with E-state index in [1.807, 2.05) is 25.2 Å². The number of carbonyl (C=O) groups excluding carboxylic acids is 1. The van der Waals surface area contributed by atoms with E-state index >= 15 is 0 Å². The number of hydrogen-bond acceptors (Lipinski definition) is 3. The predicted molar refractivity (Wildman–Crippen MR) is 90.8 cm³/mol. The van der Waals surface area contributed by atoms with Gasteiger partial charge >= 0.3 is 5.69 Å². The van der Waals surface area contributed by atoms with Crippen LogP contribution in [-0.4, -0.2) is 53.1 Å². The molecule has 24 heavy (non-hydrogen) atoms. The molecule has 0 radical (unpaired) electrons. The second-order valence-corrected chi connectivity index (χ2v) is 6.40. The first-order valence-electron chi connectivity index (χ1n) is 8.36. The van der Waals surface area contributed by atoms with Crippen molar-refractivity contribution in [3.63, 3.8) is 0 Å². The van der Waals surface area contributed by atoms with E-state index in [-0.39, 0.29) is 24.2 Å². The number of imidazole rings is 1. The largest absolute Gasteiger partial charge is 0.335 e. The number of hydrogen-bond donors (Lipinski definition) is 3. The molecule has 0 aliphatic carbocycles. The number of nitrogens with zero attached hydrogens (tertiary/aromatic N) is 1. The number of carbonyl (C=O) groups is 1. The van der Waals surface area contributed by atoms with Crippen molar-refractivity contribution in [2.75, 3.05) is 20.1 Å². The summed E-state index contributed by atoms with van der Waals surface area (Å²) in [6.45, 7) is 0.839. The summed E-state index contributed by atoms with van der Waals surface area (Å²) in [4.78, 5) is 30.7. The summed E-state index contributed by atoms with van der Waals surface area (Å²) in [5, 5.41) is 3.02. The average molecular weight is 334 g/mol. The van der Waals surface area contributed by atoms with Crippen LogP contribution in [0.5, 0.6) is 0 Å². The fourth-order valence-corrected chi connectivity index (χ4v) is 3.42. The van der Waals surface area contributed by atoms with Crippen molar-refractivity contribution in [3.05, 3.63) is 34.2 Å². The molecule has 3 rings (SSSR count). The second kappa shape index (κ2) is 7.17. The molecule has 1 aliphatic heterocycles. The Balaban J connectivity index is 1.54. The van der Waals surface area contributed by atoms with Crippen LogP contribution in [0.2, 0.25) is 0 Å².